The van der Waals surface area contributed by atoms with E-state index < -0.39 is 0 Å². The molecule has 0 aromatic heterocycles. The van der Waals surface area contributed by atoms with E-state index in [0.717, 1.165) is 31.2 Å². The lowest BCUT2D eigenvalue weighted by Crippen LogP contribution is -2.42. The smallest absolute Gasteiger partial charge is 0.222 e. The number of rotatable bonds is 4. The summed E-state index contributed by atoms with van der Waals surface area (Å²) in [5.74, 6) is 0.0249. The fourth-order valence-electron chi connectivity index (χ4n) is 2.73. The Balaban J connectivity index is 1.91. The van der Waals surface area contributed by atoms with E-state index in [2.05, 4.69) is 5.32 Å². The molecule has 1 aromatic carbocycles. The molecule has 0 spiro atoms. The van der Waals surface area contributed by atoms with E-state index >= 15 is 0 Å². The van der Waals surface area contributed by atoms with Crippen LogP contribution < -0.4 is 11.1 Å². The van der Waals surface area contributed by atoms with Gasteiger partial charge in [0.1, 0.15) is 0 Å². The van der Waals surface area contributed by atoms with E-state index in [9.17, 15) is 4.79 Å². The van der Waals surface area contributed by atoms with E-state index in [0.29, 0.717) is 11.4 Å². The van der Waals surface area contributed by atoms with Crippen molar-refractivity contribution >= 4 is 17.5 Å². The largest absolute Gasteiger partial charge is 0.350 e. The van der Waals surface area contributed by atoms with Crippen molar-refractivity contribution in [1.29, 1.82) is 0 Å². The zero-order valence-electron chi connectivity index (χ0n) is 11.3. The molecule has 1 aromatic rings. The third-order valence-corrected chi connectivity index (χ3v) is 4.07. The van der Waals surface area contributed by atoms with Crippen molar-refractivity contribution in [2.75, 3.05) is 0 Å². The molecule has 0 aliphatic heterocycles. The number of nitrogens with two attached hydrogens (primary N) is 1. The molecule has 1 saturated carbocycles. The van der Waals surface area contributed by atoms with Gasteiger partial charge < -0.3 is 11.1 Å². The molecule has 2 rings (SSSR count). The molecule has 1 amide bonds. The monoisotopic (exact) mass is 280 g/mol. The van der Waals surface area contributed by atoms with Crippen LogP contribution in [0.15, 0.2) is 24.3 Å². The molecule has 3 nitrogen and oxygen atoms in total. The lowest BCUT2D eigenvalue weighted by Gasteiger charge is -2.24. The van der Waals surface area contributed by atoms with Gasteiger partial charge in [0.05, 0.1) is 6.04 Å². The van der Waals surface area contributed by atoms with Gasteiger partial charge in [-0.05, 0) is 37.5 Å². The van der Waals surface area contributed by atoms with Crippen molar-refractivity contribution in [3.63, 3.8) is 0 Å². The molecule has 1 aliphatic carbocycles. The van der Waals surface area contributed by atoms with Crippen LogP contribution in [0.25, 0.3) is 0 Å². The highest BCUT2D eigenvalue weighted by Crippen LogP contribution is 2.30. The van der Waals surface area contributed by atoms with Crippen molar-refractivity contribution in [2.45, 2.75) is 50.6 Å². The third kappa shape index (κ3) is 3.95. The maximum atomic E-state index is 12.0. The van der Waals surface area contributed by atoms with Crippen molar-refractivity contribution in [2.24, 2.45) is 5.73 Å². The molecule has 0 unspecified atom stereocenters. The Labute approximate surface area is 119 Å². The van der Waals surface area contributed by atoms with Gasteiger partial charge in [0.25, 0.3) is 0 Å². The third-order valence-electron chi connectivity index (χ3n) is 3.84. The number of carbonyl (C=O) groups excluding carboxylic acids is 1. The topological polar surface area (TPSA) is 55.1 Å². The number of carbonyl (C=O) groups is 1. The minimum atomic E-state index is -0.294. The Morgan fingerprint density at radius 1 is 1.47 bits per heavy atom. The summed E-state index contributed by atoms with van der Waals surface area (Å²) in [7, 11) is 0. The summed E-state index contributed by atoms with van der Waals surface area (Å²) < 4.78 is 0. The van der Waals surface area contributed by atoms with Gasteiger partial charge in [0, 0.05) is 17.0 Å². The lowest BCUT2D eigenvalue weighted by atomic mass is 9.94. The molecule has 1 fully saturated rings. The van der Waals surface area contributed by atoms with Gasteiger partial charge in [0.2, 0.25) is 5.91 Å². The molecule has 0 radical (unpaired) electrons. The summed E-state index contributed by atoms with van der Waals surface area (Å²) in [5.41, 5.74) is 6.94. The Hall–Kier alpha value is -1.06. The average Bonchev–Trinajstić information content (AvgIpc) is 2.75. The highest BCUT2D eigenvalue weighted by Gasteiger charge is 2.31. The summed E-state index contributed by atoms with van der Waals surface area (Å²) >= 11 is 5.95. The van der Waals surface area contributed by atoms with Gasteiger partial charge in [0.15, 0.2) is 0 Å². The second-order valence-corrected chi connectivity index (χ2v) is 6.03. The predicted molar refractivity (Wildman–Crippen MR) is 78.0 cm³/mol. The first-order chi connectivity index (χ1) is 8.98. The fraction of sp³-hybridized carbons (Fsp3) is 0.533. The van der Waals surface area contributed by atoms with Crippen molar-refractivity contribution in [3.8, 4) is 0 Å². The Morgan fingerprint density at radius 3 is 2.79 bits per heavy atom. The highest BCUT2D eigenvalue weighted by molar-refractivity contribution is 6.30. The second-order valence-electron chi connectivity index (χ2n) is 5.59. The molecule has 0 heterocycles. The van der Waals surface area contributed by atoms with Crippen LogP contribution in [-0.2, 0) is 4.79 Å². The minimum absolute atomic E-state index is 0.0249. The number of benzene rings is 1. The van der Waals surface area contributed by atoms with Crippen molar-refractivity contribution in [3.05, 3.63) is 34.9 Å². The normalized spacial score (nSPS) is 19.1. The minimum Gasteiger partial charge on any atom is -0.350 e. The van der Waals surface area contributed by atoms with E-state index in [-0.39, 0.29) is 17.5 Å². The van der Waals surface area contributed by atoms with Gasteiger partial charge in [-0.1, -0.05) is 36.6 Å². The maximum absolute atomic E-state index is 12.0. The van der Waals surface area contributed by atoms with Crippen LogP contribution in [0.3, 0.4) is 0 Å². The number of halogens is 1. The fourth-order valence-corrected chi connectivity index (χ4v) is 2.93. The van der Waals surface area contributed by atoms with Crippen LogP contribution in [0, 0.1) is 0 Å². The molecule has 0 bridgehead atoms. The van der Waals surface area contributed by atoms with Gasteiger partial charge in [-0.15, -0.1) is 0 Å². The Morgan fingerprint density at radius 2 is 2.16 bits per heavy atom. The maximum Gasteiger partial charge on any atom is 0.222 e. The molecule has 104 valence electrons. The summed E-state index contributed by atoms with van der Waals surface area (Å²) in [6.45, 7) is 1.96. The molecular formula is C15H21ClN2O. The lowest BCUT2D eigenvalue weighted by molar-refractivity contribution is -0.122. The van der Waals surface area contributed by atoms with Crippen LogP contribution in [-0.4, -0.2) is 11.4 Å². The number of hydrogen-bond acceptors (Lipinski definition) is 2. The van der Waals surface area contributed by atoms with Crippen LogP contribution in [0.5, 0.6) is 0 Å². The van der Waals surface area contributed by atoms with Gasteiger partial charge >= 0.3 is 0 Å². The summed E-state index contributed by atoms with van der Waals surface area (Å²) in [6.07, 6.45) is 4.58. The van der Waals surface area contributed by atoms with E-state index in [1.807, 2.05) is 31.2 Å². The first-order valence-corrected chi connectivity index (χ1v) is 7.20. The molecule has 4 heteroatoms. The van der Waals surface area contributed by atoms with E-state index in [4.69, 9.17) is 17.3 Å². The van der Waals surface area contributed by atoms with Crippen molar-refractivity contribution < 1.29 is 4.79 Å². The first kappa shape index (κ1) is 14.4. The molecule has 19 heavy (non-hydrogen) atoms. The van der Waals surface area contributed by atoms with Crippen LogP contribution in [0.4, 0.5) is 0 Å². The Kier molecular flexibility index (Phi) is 4.48. The van der Waals surface area contributed by atoms with Crippen LogP contribution >= 0.6 is 11.6 Å². The molecule has 0 saturated heterocycles. The molecule has 1 atom stereocenters. The zero-order chi connectivity index (χ0) is 13.9. The second kappa shape index (κ2) is 5.93. The highest BCUT2D eigenvalue weighted by atomic mass is 35.5. The van der Waals surface area contributed by atoms with Crippen molar-refractivity contribution in [1.82, 2.24) is 5.32 Å². The SMILES string of the molecule is C[C@H](NC(=O)CC1(N)CCCC1)c1cccc(Cl)c1. The predicted octanol–water partition coefficient (Wildman–Crippen LogP) is 3.18. The summed E-state index contributed by atoms with van der Waals surface area (Å²) in [6, 6.07) is 7.51. The summed E-state index contributed by atoms with van der Waals surface area (Å²) in [5, 5.41) is 3.68. The van der Waals surface area contributed by atoms with Gasteiger partial charge in [-0.2, -0.15) is 0 Å². The quantitative estimate of drug-likeness (QED) is 0.890. The van der Waals surface area contributed by atoms with Crippen LogP contribution in [0.1, 0.15) is 50.6 Å². The molecule has 3 N–H and O–H groups in total. The number of nitrogens with one attached hydrogen (secondary N) is 1. The van der Waals surface area contributed by atoms with Gasteiger partial charge in [-0.25, -0.2) is 0 Å². The van der Waals surface area contributed by atoms with Crippen LogP contribution in [0.2, 0.25) is 5.02 Å². The molecular weight excluding hydrogens is 260 g/mol. The standard InChI is InChI=1S/C15H21ClN2O/c1-11(12-5-4-6-13(16)9-12)18-14(19)10-15(17)7-2-3-8-15/h4-6,9,11H,2-3,7-8,10,17H2,1H3,(H,18,19)/t11-/m0/s1. The van der Waals surface area contributed by atoms with E-state index in [1.54, 1.807) is 0 Å². The summed E-state index contributed by atoms with van der Waals surface area (Å²) in [4.78, 5) is 12.0. The van der Waals surface area contributed by atoms with Gasteiger partial charge in [-0.3, -0.25) is 4.79 Å². The Bertz CT molecular complexity index is 455. The first-order valence-electron chi connectivity index (χ1n) is 6.82. The zero-order valence-corrected chi connectivity index (χ0v) is 12.0. The number of hydrogen-bond donors (Lipinski definition) is 2. The van der Waals surface area contributed by atoms with E-state index in [1.165, 1.54) is 0 Å². The molecule has 1 aliphatic rings. The average molecular weight is 281 g/mol. The number of amides is 1.